The molecular weight excluding hydrogens is 412 g/mol. The molecule has 0 aliphatic rings. The van der Waals surface area contributed by atoms with Gasteiger partial charge >= 0.3 is 0 Å². The lowest BCUT2D eigenvalue weighted by Gasteiger charge is -2.11. The van der Waals surface area contributed by atoms with E-state index in [0.29, 0.717) is 27.8 Å². The first-order chi connectivity index (χ1) is 14.5. The molecule has 2 aromatic carbocycles. The summed E-state index contributed by atoms with van der Waals surface area (Å²) in [6.07, 6.45) is 2.54. The molecule has 154 valence electrons. The number of anilines is 2. The summed E-state index contributed by atoms with van der Waals surface area (Å²) in [5, 5.41) is 14.4. The van der Waals surface area contributed by atoms with Crippen molar-refractivity contribution in [2.24, 2.45) is 5.10 Å². The van der Waals surface area contributed by atoms with Crippen LogP contribution in [0.5, 0.6) is 11.5 Å². The van der Waals surface area contributed by atoms with Gasteiger partial charge in [-0.1, -0.05) is 17.7 Å². The lowest BCUT2D eigenvalue weighted by Crippen LogP contribution is -2.20. The van der Waals surface area contributed by atoms with E-state index in [0.717, 1.165) is 6.20 Å². The van der Waals surface area contributed by atoms with E-state index in [-0.39, 0.29) is 18.5 Å². The average molecular weight is 429 g/mol. The molecule has 1 aromatic heterocycles. The Morgan fingerprint density at radius 1 is 1.27 bits per heavy atom. The third kappa shape index (κ3) is 6.04. The number of carbonyl (C=O) groups is 1. The maximum atomic E-state index is 12.1. The zero-order valence-corrected chi connectivity index (χ0v) is 16.5. The van der Waals surface area contributed by atoms with Gasteiger partial charge in [0, 0.05) is 10.7 Å². The fourth-order valence-electron chi connectivity index (χ4n) is 2.32. The van der Waals surface area contributed by atoms with Gasteiger partial charge in [-0.25, -0.2) is 5.43 Å². The van der Waals surface area contributed by atoms with E-state index >= 15 is 0 Å². The molecule has 3 aromatic rings. The number of benzene rings is 2. The fraction of sp³-hybridized carbons (Fsp3) is 0.105. The molecule has 11 heteroatoms. The first-order valence-corrected chi connectivity index (χ1v) is 8.98. The molecule has 0 unspecified atom stereocenters. The van der Waals surface area contributed by atoms with Crippen molar-refractivity contribution in [1.82, 2.24) is 15.2 Å². The molecule has 30 heavy (non-hydrogen) atoms. The molecule has 10 nitrogen and oxygen atoms in total. The number of amides is 1. The number of nitrogens with one attached hydrogen (secondary N) is 3. The van der Waals surface area contributed by atoms with E-state index in [2.05, 4.69) is 31.0 Å². The van der Waals surface area contributed by atoms with Gasteiger partial charge in [0.15, 0.2) is 18.1 Å². The second-order valence-electron chi connectivity index (χ2n) is 5.81. The number of nitrogens with zero attached hydrogens (tertiary/aromatic N) is 3. The van der Waals surface area contributed by atoms with Crippen LogP contribution in [0.25, 0.3) is 0 Å². The number of hydrogen-bond donors (Lipinski definition) is 3. The van der Waals surface area contributed by atoms with Gasteiger partial charge in [0.05, 0.1) is 13.3 Å². The summed E-state index contributed by atoms with van der Waals surface area (Å²) in [5.74, 6) is 0.577. The summed E-state index contributed by atoms with van der Waals surface area (Å²) >= 11 is 5.90. The van der Waals surface area contributed by atoms with Crippen molar-refractivity contribution in [2.45, 2.75) is 0 Å². The van der Waals surface area contributed by atoms with E-state index in [1.165, 1.54) is 13.3 Å². The Kier molecular flexibility index (Phi) is 6.95. The van der Waals surface area contributed by atoms with Crippen LogP contribution in [-0.2, 0) is 4.79 Å². The van der Waals surface area contributed by atoms with Gasteiger partial charge in [0.25, 0.3) is 11.5 Å². The Hall–Kier alpha value is -3.92. The molecule has 0 spiro atoms. The predicted molar refractivity (Wildman–Crippen MR) is 112 cm³/mol. The first kappa shape index (κ1) is 20.8. The second-order valence-corrected chi connectivity index (χ2v) is 6.25. The zero-order chi connectivity index (χ0) is 21.3. The monoisotopic (exact) mass is 428 g/mol. The van der Waals surface area contributed by atoms with Crippen molar-refractivity contribution in [2.75, 3.05) is 24.5 Å². The number of aromatic nitrogens is 3. The van der Waals surface area contributed by atoms with Crippen LogP contribution in [0.1, 0.15) is 5.56 Å². The lowest BCUT2D eigenvalue weighted by molar-refractivity contribution is -0.118. The molecule has 0 fully saturated rings. The SMILES string of the molecule is COc1cc(/C=N/Nc2nncc(=O)[nH]2)ccc1OCC(=O)Nc1cccc(Cl)c1. The predicted octanol–water partition coefficient (Wildman–Crippen LogP) is 2.29. The highest BCUT2D eigenvalue weighted by Gasteiger charge is 2.09. The molecule has 0 aliphatic carbocycles. The highest BCUT2D eigenvalue weighted by molar-refractivity contribution is 6.30. The molecule has 0 aliphatic heterocycles. The van der Waals surface area contributed by atoms with Crippen LogP contribution < -0.4 is 25.8 Å². The minimum atomic E-state index is -0.398. The maximum Gasteiger partial charge on any atom is 0.271 e. The Morgan fingerprint density at radius 2 is 2.13 bits per heavy atom. The molecule has 1 amide bonds. The van der Waals surface area contributed by atoms with Gasteiger partial charge in [0.2, 0.25) is 5.95 Å². The number of rotatable bonds is 8. The van der Waals surface area contributed by atoms with Gasteiger partial charge in [-0.15, -0.1) is 10.2 Å². The van der Waals surface area contributed by atoms with Crippen molar-refractivity contribution in [3.05, 3.63) is 69.6 Å². The quantitative estimate of drug-likeness (QED) is 0.370. The minimum absolute atomic E-state index is 0.108. The van der Waals surface area contributed by atoms with Crippen LogP contribution in [-0.4, -0.2) is 41.0 Å². The standard InChI is InChI=1S/C19H17ClN6O4/c1-29-16-7-12(9-21-25-19-24-17(27)10-22-26-19)5-6-15(16)30-11-18(28)23-14-4-2-3-13(20)8-14/h2-10H,11H2,1H3,(H,23,28)(H2,24,25,26,27)/b21-9+. The normalized spacial score (nSPS) is 10.6. The number of hydrazone groups is 1. The number of hydrogen-bond acceptors (Lipinski definition) is 8. The van der Waals surface area contributed by atoms with E-state index in [1.54, 1.807) is 42.5 Å². The first-order valence-electron chi connectivity index (χ1n) is 8.61. The van der Waals surface area contributed by atoms with Crippen molar-refractivity contribution in [1.29, 1.82) is 0 Å². The Bertz CT molecular complexity index is 1120. The zero-order valence-electron chi connectivity index (χ0n) is 15.8. The van der Waals surface area contributed by atoms with E-state index in [1.807, 2.05) is 0 Å². The van der Waals surface area contributed by atoms with Crippen molar-refractivity contribution in [3.63, 3.8) is 0 Å². The third-order valence-corrected chi connectivity index (χ3v) is 3.85. The molecule has 0 saturated carbocycles. The van der Waals surface area contributed by atoms with Crippen molar-refractivity contribution in [3.8, 4) is 11.5 Å². The summed E-state index contributed by atoms with van der Waals surface area (Å²) in [5.41, 5.74) is 3.42. The third-order valence-electron chi connectivity index (χ3n) is 3.61. The van der Waals surface area contributed by atoms with Gasteiger partial charge in [-0.3, -0.25) is 14.6 Å². The molecule has 1 heterocycles. The lowest BCUT2D eigenvalue weighted by atomic mass is 10.2. The van der Waals surface area contributed by atoms with Gasteiger partial charge in [-0.2, -0.15) is 5.10 Å². The van der Waals surface area contributed by atoms with Crippen LogP contribution in [0, 0.1) is 0 Å². The Morgan fingerprint density at radius 3 is 2.90 bits per heavy atom. The molecule has 0 atom stereocenters. The number of H-pyrrole nitrogens is 1. The Labute approximate surface area is 175 Å². The summed E-state index contributed by atoms with van der Waals surface area (Å²) < 4.78 is 10.9. The van der Waals surface area contributed by atoms with E-state index < -0.39 is 5.56 Å². The number of carbonyl (C=O) groups excluding carboxylic acids is 1. The summed E-state index contributed by atoms with van der Waals surface area (Å²) in [6.45, 7) is -0.210. The number of halogens is 1. The smallest absolute Gasteiger partial charge is 0.271 e. The minimum Gasteiger partial charge on any atom is -0.493 e. The number of aromatic amines is 1. The highest BCUT2D eigenvalue weighted by Crippen LogP contribution is 2.27. The van der Waals surface area contributed by atoms with Gasteiger partial charge < -0.3 is 14.8 Å². The van der Waals surface area contributed by atoms with Crippen LogP contribution in [0.2, 0.25) is 5.02 Å². The van der Waals surface area contributed by atoms with Crippen LogP contribution in [0.15, 0.2) is 58.6 Å². The van der Waals surface area contributed by atoms with Gasteiger partial charge in [-0.05, 0) is 42.0 Å². The second kappa shape index (κ2) is 10.0. The molecule has 0 bridgehead atoms. The fourth-order valence-corrected chi connectivity index (χ4v) is 2.51. The van der Waals surface area contributed by atoms with Crippen LogP contribution in [0.4, 0.5) is 11.6 Å². The number of methoxy groups -OCH3 is 1. The van der Waals surface area contributed by atoms with Crippen molar-refractivity contribution < 1.29 is 14.3 Å². The van der Waals surface area contributed by atoms with Gasteiger partial charge in [0.1, 0.15) is 6.20 Å². The molecular formula is C19H17ClN6O4. The Balaban J connectivity index is 1.58. The average Bonchev–Trinajstić information content (AvgIpc) is 2.72. The molecule has 0 radical (unpaired) electrons. The summed E-state index contributed by atoms with van der Waals surface area (Å²) in [6, 6.07) is 11.9. The highest BCUT2D eigenvalue weighted by atomic mass is 35.5. The van der Waals surface area contributed by atoms with Crippen LogP contribution in [0.3, 0.4) is 0 Å². The molecule has 0 saturated heterocycles. The number of ether oxygens (including phenoxy) is 2. The largest absolute Gasteiger partial charge is 0.493 e. The molecule has 3 rings (SSSR count). The van der Waals surface area contributed by atoms with Crippen LogP contribution >= 0.6 is 11.6 Å². The van der Waals surface area contributed by atoms with E-state index in [4.69, 9.17) is 21.1 Å². The maximum absolute atomic E-state index is 12.1. The van der Waals surface area contributed by atoms with Crippen molar-refractivity contribution >= 4 is 35.4 Å². The summed E-state index contributed by atoms with van der Waals surface area (Å²) in [4.78, 5) is 25.7. The topological polar surface area (TPSA) is 131 Å². The summed E-state index contributed by atoms with van der Waals surface area (Å²) in [7, 11) is 1.48. The van der Waals surface area contributed by atoms with E-state index in [9.17, 15) is 9.59 Å². The molecule has 3 N–H and O–H groups in total.